The van der Waals surface area contributed by atoms with Crippen LogP contribution in [0.15, 0.2) is 42.5 Å². The molecule has 0 atom stereocenters. The van der Waals surface area contributed by atoms with E-state index in [4.69, 9.17) is 4.74 Å². The standard InChI is InChI=1S/C20H23F3N2O4S/c1-14-7-8-18(15(2)11-14)29-10-9-24-19(26)13-25(30(3,27)28)17-6-4-5-16(12-17)20(21,22)23/h4-8,11-12H,9-10,13H2,1-3H3,(H,24,26). The number of ether oxygens (including phenoxy) is 1. The molecule has 0 heterocycles. The zero-order valence-corrected chi connectivity index (χ0v) is 17.6. The zero-order valence-electron chi connectivity index (χ0n) is 16.8. The smallest absolute Gasteiger partial charge is 0.416 e. The molecule has 0 fully saturated rings. The highest BCUT2D eigenvalue weighted by atomic mass is 32.2. The van der Waals surface area contributed by atoms with Crippen molar-refractivity contribution in [1.82, 2.24) is 5.32 Å². The molecule has 0 bridgehead atoms. The van der Waals surface area contributed by atoms with E-state index in [1.54, 1.807) is 0 Å². The van der Waals surface area contributed by atoms with Crippen LogP contribution in [0.5, 0.6) is 5.75 Å². The van der Waals surface area contributed by atoms with Crippen LogP contribution < -0.4 is 14.4 Å². The van der Waals surface area contributed by atoms with Gasteiger partial charge in [-0.2, -0.15) is 13.2 Å². The van der Waals surface area contributed by atoms with Crippen LogP contribution in [-0.4, -0.2) is 40.3 Å². The third kappa shape index (κ3) is 6.65. The van der Waals surface area contributed by atoms with E-state index >= 15 is 0 Å². The molecule has 1 amide bonds. The van der Waals surface area contributed by atoms with Gasteiger partial charge < -0.3 is 10.1 Å². The summed E-state index contributed by atoms with van der Waals surface area (Å²) in [6.45, 7) is 3.45. The molecule has 164 valence electrons. The molecule has 30 heavy (non-hydrogen) atoms. The van der Waals surface area contributed by atoms with Crippen molar-refractivity contribution in [1.29, 1.82) is 0 Å². The third-order valence-corrected chi connectivity index (χ3v) is 5.30. The molecule has 0 aromatic heterocycles. The van der Waals surface area contributed by atoms with Crippen LogP contribution in [-0.2, 0) is 21.0 Å². The Balaban J connectivity index is 1.99. The van der Waals surface area contributed by atoms with Crippen molar-refractivity contribution in [2.24, 2.45) is 0 Å². The number of alkyl halides is 3. The van der Waals surface area contributed by atoms with Crippen LogP contribution >= 0.6 is 0 Å². The number of aryl methyl sites for hydroxylation is 2. The monoisotopic (exact) mass is 444 g/mol. The minimum absolute atomic E-state index is 0.104. The van der Waals surface area contributed by atoms with Gasteiger partial charge in [0.05, 0.1) is 24.1 Å². The third-order valence-electron chi connectivity index (χ3n) is 4.16. The predicted molar refractivity (Wildman–Crippen MR) is 108 cm³/mol. The maximum Gasteiger partial charge on any atom is 0.416 e. The van der Waals surface area contributed by atoms with Crippen molar-refractivity contribution in [3.05, 3.63) is 59.2 Å². The molecule has 2 aromatic carbocycles. The van der Waals surface area contributed by atoms with Crippen molar-refractivity contribution in [2.75, 3.05) is 30.3 Å². The lowest BCUT2D eigenvalue weighted by Gasteiger charge is -2.22. The highest BCUT2D eigenvalue weighted by Crippen LogP contribution is 2.32. The number of sulfonamides is 1. The minimum atomic E-state index is -4.63. The predicted octanol–water partition coefficient (Wildman–Crippen LogP) is 3.28. The molecule has 2 aromatic rings. The van der Waals surface area contributed by atoms with Crippen molar-refractivity contribution >= 4 is 21.6 Å². The van der Waals surface area contributed by atoms with Gasteiger partial charge >= 0.3 is 6.18 Å². The molecule has 0 unspecified atom stereocenters. The molecule has 0 spiro atoms. The number of amides is 1. The number of nitrogens with one attached hydrogen (secondary N) is 1. The fourth-order valence-electron chi connectivity index (χ4n) is 2.74. The number of hydrogen-bond acceptors (Lipinski definition) is 4. The van der Waals surface area contributed by atoms with E-state index in [0.29, 0.717) is 16.1 Å². The number of rotatable bonds is 8. The first kappa shape index (κ1) is 23.5. The topological polar surface area (TPSA) is 75.7 Å². The Morgan fingerprint density at radius 1 is 1.13 bits per heavy atom. The molecule has 1 N–H and O–H groups in total. The molecule has 0 saturated carbocycles. The van der Waals surface area contributed by atoms with Crippen LogP contribution in [0.2, 0.25) is 0 Å². The Labute approximate surface area is 173 Å². The Kier molecular flexibility index (Phi) is 7.35. The normalized spacial score (nSPS) is 11.8. The van der Waals surface area contributed by atoms with Crippen LogP contribution in [0.4, 0.5) is 18.9 Å². The second-order valence-corrected chi connectivity index (χ2v) is 8.69. The van der Waals surface area contributed by atoms with Crippen LogP contribution in [0.3, 0.4) is 0 Å². The molecular weight excluding hydrogens is 421 g/mol. The first-order valence-corrected chi connectivity index (χ1v) is 10.8. The number of nitrogens with zero attached hydrogens (tertiary/aromatic N) is 1. The zero-order chi connectivity index (χ0) is 22.5. The molecular formula is C20H23F3N2O4S. The molecule has 0 aliphatic rings. The first-order valence-electron chi connectivity index (χ1n) is 8.99. The van der Waals surface area contributed by atoms with Gasteiger partial charge in [0.1, 0.15) is 18.9 Å². The maximum absolute atomic E-state index is 12.9. The number of hydrogen-bond donors (Lipinski definition) is 1. The van der Waals surface area contributed by atoms with Gasteiger partial charge in [-0.15, -0.1) is 0 Å². The van der Waals surface area contributed by atoms with Crippen molar-refractivity contribution in [3.63, 3.8) is 0 Å². The molecule has 0 aliphatic heterocycles. The lowest BCUT2D eigenvalue weighted by atomic mass is 10.1. The molecule has 2 rings (SSSR count). The fourth-order valence-corrected chi connectivity index (χ4v) is 3.58. The lowest BCUT2D eigenvalue weighted by Crippen LogP contribution is -2.41. The summed E-state index contributed by atoms with van der Waals surface area (Å²) in [5.41, 5.74) is 0.780. The Morgan fingerprint density at radius 2 is 1.83 bits per heavy atom. The largest absolute Gasteiger partial charge is 0.491 e. The van der Waals surface area contributed by atoms with Gasteiger partial charge in [0, 0.05) is 0 Å². The molecule has 10 heteroatoms. The second kappa shape index (κ2) is 9.38. The SMILES string of the molecule is Cc1ccc(OCCNC(=O)CN(c2cccc(C(F)(F)F)c2)S(C)(=O)=O)c(C)c1. The van der Waals surface area contributed by atoms with Crippen molar-refractivity contribution in [2.45, 2.75) is 20.0 Å². The Hall–Kier alpha value is -2.75. The molecule has 0 radical (unpaired) electrons. The Morgan fingerprint density at radius 3 is 2.43 bits per heavy atom. The number of halogens is 3. The van der Waals surface area contributed by atoms with Gasteiger partial charge in [-0.25, -0.2) is 8.42 Å². The van der Waals surface area contributed by atoms with Gasteiger partial charge in [0.25, 0.3) is 0 Å². The summed E-state index contributed by atoms with van der Waals surface area (Å²) in [7, 11) is -3.98. The van der Waals surface area contributed by atoms with Crippen LogP contribution in [0.1, 0.15) is 16.7 Å². The highest BCUT2D eigenvalue weighted by Gasteiger charge is 2.31. The summed E-state index contributed by atoms with van der Waals surface area (Å²) in [4.78, 5) is 12.2. The molecule has 0 saturated heterocycles. The highest BCUT2D eigenvalue weighted by molar-refractivity contribution is 7.92. The average molecular weight is 444 g/mol. The van der Waals surface area contributed by atoms with Crippen LogP contribution in [0.25, 0.3) is 0 Å². The van der Waals surface area contributed by atoms with Crippen molar-refractivity contribution < 1.29 is 31.1 Å². The number of carbonyl (C=O) groups excluding carboxylic acids is 1. The molecule has 0 aliphatic carbocycles. The van der Waals surface area contributed by atoms with Gasteiger partial charge in [0.2, 0.25) is 15.9 Å². The Bertz CT molecular complexity index is 1010. The van der Waals surface area contributed by atoms with E-state index in [1.165, 1.54) is 6.07 Å². The van der Waals surface area contributed by atoms with E-state index in [0.717, 1.165) is 29.5 Å². The molecule has 6 nitrogen and oxygen atoms in total. The van der Waals surface area contributed by atoms with E-state index in [2.05, 4.69) is 5.32 Å². The van der Waals surface area contributed by atoms with Gasteiger partial charge in [-0.3, -0.25) is 9.10 Å². The quantitative estimate of drug-likeness (QED) is 0.634. The van der Waals surface area contributed by atoms with Crippen LogP contribution in [0, 0.1) is 13.8 Å². The number of anilines is 1. The van der Waals surface area contributed by atoms with Gasteiger partial charge in [-0.05, 0) is 43.7 Å². The summed E-state index contributed by atoms with van der Waals surface area (Å²) in [5, 5.41) is 2.51. The van der Waals surface area contributed by atoms with E-state index in [1.807, 2.05) is 32.0 Å². The summed E-state index contributed by atoms with van der Waals surface area (Å²) in [6.07, 6.45) is -3.81. The van der Waals surface area contributed by atoms with Crippen molar-refractivity contribution in [3.8, 4) is 5.75 Å². The van der Waals surface area contributed by atoms with Gasteiger partial charge in [0.15, 0.2) is 0 Å². The maximum atomic E-state index is 12.9. The fraction of sp³-hybridized carbons (Fsp3) is 0.350. The summed E-state index contributed by atoms with van der Waals surface area (Å²) in [5.74, 6) is -0.00126. The number of carbonyl (C=O) groups is 1. The lowest BCUT2D eigenvalue weighted by molar-refractivity contribution is -0.137. The summed E-state index contributed by atoms with van der Waals surface area (Å²) >= 11 is 0. The van der Waals surface area contributed by atoms with E-state index in [-0.39, 0.29) is 18.8 Å². The number of benzene rings is 2. The second-order valence-electron chi connectivity index (χ2n) is 6.79. The van der Waals surface area contributed by atoms with E-state index < -0.39 is 34.2 Å². The van der Waals surface area contributed by atoms with Gasteiger partial charge in [-0.1, -0.05) is 23.8 Å². The summed E-state index contributed by atoms with van der Waals surface area (Å²) < 4.78 is 69.1. The summed E-state index contributed by atoms with van der Waals surface area (Å²) in [6, 6.07) is 9.46. The first-order chi connectivity index (χ1) is 13.9. The average Bonchev–Trinajstić information content (AvgIpc) is 2.63. The van der Waals surface area contributed by atoms with E-state index in [9.17, 15) is 26.4 Å². The minimum Gasteiger partial charge on any atom is -0.491 e.